The summed E-state index contributed by atoms with van der Waals surface area (Å²) in [6.45, 7) is 4.61. The number of nitrogens with one attached hydrogen (secondary N) is 1. The smallest absolute Gasteiger partial charge is 0.280 e. The molecule has 4 nitrogen and oxygen atoms in total. The fraction of sp³-hybridized carbons (Fsp3) is 0.625. The maximum atomic E-state index is 13.3. The minimum atomic E-state index is -2.60. The van der Waals surface area contributed by atoms with Gasteiger partial charge in [0.15, 0.2) is 0 Å². The van der Waals surface area contributed by atoms with E-state index in [1.165, 1.54) is 6.08 Å². The van der Waals surface area contributed by atoms with Crippen molar-refractivity contribution in [1.82, 2.24) is 10.2 Å². The van der Waals surface area contributed by atoms with Crippen molar-refractivity contribution < 1.29 is 8.78 Å². The third-order valence-electron chi connectivity index (χ3n) is 3.87. The molecule has 0 radical (unpaired) electrons. The number of allylic oxidation sites excluding steroid dienone is 2. The van der Waals surface area contributed by atoms with Crippen molar-refractivity contribution in [3.63, 3.8) is 0 Å². The van der Waals surface area contributed by atoms with Crippen molar-refractivity contribution in [2.75, 3.05) is 26.7 Å². The molecule has 0 aromatic carbocycles. The molecule has 1 N–H and O–H groups in total. The van der Waals surface area contributed by atoms with Gasteiger partial charge in [-0.05, 0) is 56.5 Å². The normalized spacial score (nSPS) is 32.0. The molecule has 0 saturated carbocycles. The highest BCUT2D eigenvalue weighted by molar-refractivity contribution is 6.06. The van der Waals surface area contributed by atoms with Gasteiger partial charge < -0.3 is 10.2 Å². The van der Waals surface area contributed by atoms with Gasteiger partial charge in [0.2, 0.25) is 5.96 Å². The summed E-state index contributed by atoms with van der Waals surface area (Å²) in [6, 6.07) is 0. The molecule has 22 heavy (non-hydrogen) atoms. The van der Waals surface area contributed by atoms with Gasteiger partial charge in [0.25, 0.3) is 6.43 Å². The molecule has 6 heteroatoms. The maximum absolute atomic E-state index is 13.3. The number of rotatable bonds is 4. The molecule has 2 aliphatic rings. The summed E-state index contributed by atoms with van der Waals surface area (Å²) in [5, 5.41) is 2.97. The van der Waals surface area contributed by atoms with Crippen LogP contribution < -0.4 is 5.32 Å². The monoisotopic (exact) mass is 310 g/mol. The molecule has 2 rings (SSSR count). The Hall–Kier alpha value is -1.56. The van der Waals surface area contributed by atoms with Crippen molar-refractivity contribution >= 4 is 11.7 Å². The minimum absolute atomic E-state index is 0.213. The Kier molecular flexibility index (Phi) is 6.24. The van der Waals surface area contributed by atoms with E-state index in [1.54, 1.807) is 6.20 Å². The average molecular weight is 310 g/mol. The summed E-state index contributed by atoms with van der Waals surface area (Å²) in [5.41, 5.74) is 0.679. The van der Waals surface area contributed by atoms with Crippen LogP contribution in [0.25, 0.3) is 0 Å². The van der Waals surface area contributed by atoms with E-state index >= 15 is 0 Å². The number of aliphatic imine (C=N–C) groups is 2. The molecule has 0 spiro atoms. The number of alkyl halides is 2. The van der Waals surface area contributed by atoms with Crippen LogP contribution in [0, 0.1) is 5.92 Å². The summed E-state index contributed by atoms with van der Waals surface area (Å²) >= 11 is 0. The van der Waals surface area contributed by atoms with E-state index in [4.69, 9.17) is 0 Å². The second kappa shape index (κ2) is 8.17. The fourth-order valence-corrected chi connectivity index (χ4v) is 2.72. The Labute approximate surface area is 130 Å². The number of nitrogens with zero attached hydrogens (tertiary/aromatic N) is 3. The Balaban J connectivity index is 2.21. The van der Waals surface area contributed by atoms with E-state index in [-0.39, 0.29) is 17.6 Å². The highest BCUT2D eigenvalue weighted by atomic mass is 19.3. The summed E-state index contributed by atoms with van der Waals surface area (Å²) < 4.78 is 26.5. The van der Waals surface area contributed by atoms with Crippen molar-refractivity contribution in [1.29, 1.82) is 0 Å². The molecule has 0 amide bonds. The lowest BCUT2D eigenvalue weighted by Gasteiger charge is -2.30. The zero-order valence-corrected chi connectivity index (χ0v) is 13.2. The molecule has 1 saturated heterocycles. The van der Waals surface area contributed by atoms with Crippen LogP contribution in [0.5, 0.6) is 0 Å². The lowest BCUT2D eigenvalue weighted by Crippen LogP contribution is -2.33. The van der Waals surface area contributed by atoms with Gasteiger partial charge in [-0.3, -0.25) is 0 Å². The zero-order chi connectivity index (χ0) is 15.9. The van der Waals surface area contributed by atoms with Crippen LogP contribution in [-0.4, -0.2) is 49.7 Å². The van der Waals surface area contributed by atoms with Gasteiger partial charge in [-0.1, -0.05) is 6.92 Å². The Morgan fingerprint density at radius 3 is 2.95 bits per heavy atom. The van der Waals surface area contributed by atoms with E-state index in [0.29, 0.717) is 6.54 Å². The predicted octanol–water partition coefficient (Wildman–Crippen LogP) is 2.84. The summed E-state index contributed by atoms with van der Waals surface area (Å²) in [4.78, 5) is 10.4. The highest BCUT2D eigenvalue weighted by Gasteiger charge is 2.22. The number of hydrogen-bond donors (Lipinski definition) is 1. The first kappa shape index (κ1) is 16.8. The van der Waals surface area contributed by atoms with Crippen molar-refractivity contribution in [2.45, 2.75) is 32.6 Å². The molecule has 122 valence electrons. The van der Waals surface area contributed by atoms with Crippen LogP contribution in [0.2, 0.25) is 0 Å². The van der Waals surface area contributed by atoms with Crippen LogP contribution in [0.1, 0.15) is 26.2 Å². The van der Waals surface area contributed by atoms with E-state index in [0.717, 1.165) is 37.9 Å². The van der Waals surface area contributed by atoms with Crippen LogP contribution in [0.4, 0.5) is 8.78 Å². The molecule has 0 aromatic rings. The Bertz CT molecular complexity index is 494. The number of piperidine rings is 1. The molecule has 0 aliphatic carbocycles. The van der Waals surface area contributed by atoms with Gasteiger partial charge in [-0.2, -0.15) is 0 Å². The van der Waals surface area contributed by atoms with Crippen molar-refractivity contribution in [2.24, 2.45) is 15.9 Å². The summed E-state index contributed by atoms with van der Waals surface area (Å²) in [7, 11) is 2.06. The number of likely N-dealkylation sites (tertiary alicyclic amines) is 1. The highest BCUT2D eigenvalue weighted by Crippen LogP contribution is 2.25. The topological polar surface area (TPSA) is 40.0 Å². The molecule has 0 aromatic heterocycles. The van der Waals surface area contributed by atoms with Crippen LogP contribution in [-0.2, 0) is 0 Å². The van der Waals surface area contributed by atoms with Gasteiger partial charge in [-0.15, -0.1) is 0 Å². The first-order valence-corrected chi connectivity index (χ1v) is 7.85. The number of hydrogen-bond acceptors (Lipinski definition) is 4. The van der Waals surface area contributed by atoms with Gasteiger partial charge in [0.05, 0.1) is 0 Å². The van der Waals surface area contributed by atoms with Crippen LogP contribution >= 0.6 is 0 Å². The van der Waals surface area contributed by atoms with Gasteiger partial charge in [-0.25, -0.2) is 18.8 Å². The third-order valence-corrected chi connectivity index (χ3v) is 3.87. The van der Waals surface area contributed by atoms with Gasteiger partial charge in [0, 0.05) is 19.3 Å². The second-order valence-electron chi connectivity index (χ2n) is 5.78. The number of halogens is 2. The average Bonchev–Trinajstić information content (AvgIpc) is 2.46. The predicted molar refractivity (Wildman–Crippen MR) is 86.6 cm³/mol. The van der Waals surface area contributed by atoms with E-state index in [2.05, 4.69) is 27.2 Å². The standard InChI is InChI=1S/C16H24F2N4/c1-3-7-19-16-20-8-6-12(10-14(21-16)15(17)18)13-5-4-9-22(2)11-13/h6,8,10,13,15H,3-5,7,9,11H2,1-2H3,(H,19,20,21). The molecule has 1 unspecified atom stereocenters. The molecular formula is C16H24F2N4. The molecule has 1 atom stereocenters. The molecule has 1 fully saturated rings. The van der Waals surface area contributed by atoms with Crippen molar-refractivity contribution in [3.05, 3.63) is 23.9 Å². The minimum Gasteiger partial charge on any atom is -0.354 e. The lowest BCUT2D eigenvalue weighted by atomic mass is 9.89. The third kappa shape index (κ3) is 4.73. The second-order valence-corrected chi connectivity index (χ2v) is 5.78. The molecule has 2 heterocycles. The van der Waals surface area contributed by atoms with Crippen LogP contribution in [0.3, 0.4) is 0 Å². The Morgan fingerprint density at radius 2 is 2.27 bits per heavy atom. The van der Waals surface area contributed by atoms with Crippen LogP contribution in [0.15, 0.2) is 33.9 Å². The fourth-order valence-electron chi connectivity index (χ4n) is 2.72. The zero-order valence-electron chi connectivity index (χ0n) is 13.2. The van der Waals surface area contributed by atoms with Gasteiger partial charge >= 0.3 is 0 Å². The first-order valence-electron chi connectivity index (χ1n) is 7.85. The Morgan fingerprint density at radius 1 is 1.45 bits per heavy atom. The summed E-state index contributed by atoms with van der Waals surface area (Å²) in [6.07, 6.45) is 5.42. The van der Waals surface area contributed by atoms with E-state index < -0.39 is 6.43 Å². The maximum Gasteiger partial charge on any atom is 0.280 e. The van der Waals surface area contributed by atoms with Crippen molar-refractivity contribution in [3.8, 4) is 0 Å². The SMILES string of the molecule is CCCNC1=N\C=C\C(C2CCCN(C)C2)=C/C(C(F)F)=N\1. The number of guanidine groups is 1. The lowest BCUT2D eigenvalue weighted by molar-refractivity contribution is 0.225. The molecule has 0 bridgehead atoms. The van der Waals surface area contributed by atoms with Gasteiger partial charge in [0.1, 0.15) is 5.71 Å². The quantitative estimate of drug-likeness (QED) is 0.867. The van der Waals surface area contributed by atoms with E-state index in [1.807, 2.05) is 13.0 Å². The molecular weight excluding hydrogens is 286 g/mol. The first-order chi connectivity index (χ1) is 10.6. The van der Waals surface area contributed by atoms with E-state index in [9.17, 15) is 8.78 Å². The largest absolute Gasteiger partial charge is 0.354 e. The summed E-state index contributed by atoms with van der Waals surface area (Å²) in [5.74, 6) is 0.517. The molecule has 2 aliphatic heterocycles.